The Morgan fingerprint density at radius 1 is 1.16 bits per heavy atom. The topological polar surface area (TPSA) is 98.2 Å². The summed E-state index contributed by atoms with van der Waals surface area (Å²) in [4.78, 5) is 16.7. The molecule has 0 aliphatic rings. The van der Waals surface area contributed by atoms with E-state index in [4.69, 9.17) is 16.7 Å². The third kappa shape index (κ3) is 2.46. The first-order valence-corrected chi connectivity index (χ1v) is 7.96. The van der Waals surface area contributed by atoms with Gasteiger partial charge in [0.1, 0.15) is 6.33 Å². The predicted molar refractivity (Wildman–Crippen MR) is 92.6 cm³/mol. The normalized spacial score (nSPS) is 11.5. The van der Waals surface area contributed by atoms with E-state index in [2.05, 4.69) is 20.3 Å². The van der Waals surface area contributed by atoms with Crippen LogP contribution in [0.2, 0.25) is 5.02 Å². The van der Waals surface area contributed by atoms with E-state index in [1.54, 1.807) is 12.1 Å². The number of hydrogen-bond acceptors (Lipinski definition) is 6. The smallest absolute Gasteiger partial charge is 0.283 e. The number of aromatic nitrogens is 6. The van der Waals surface area contributed by atoms with Crippen LogP contribution in [-0.2, 0) is 6.54 Å². The highest BCUT2D eigenvalue weighted by atomic mass is 35.5. The van der Waals surface area contributed by atoms with Crippen molar-refractivity contribution >= 4 is 28.4 Å². The molecule has 0 fully saturated rings. The van der Waals surface area contributed by atoms with E-state index in [1.807, 2.05) is 19.1 Å². The summed E-state index contributed by atoms with van der Waals surface area (Å²) >= 11 is 5.95. The molecule has 3 heterocycles. The van der Waals surface area contributed by atoms with Crippen LogP contribution in [0.4, 0.5) is 0 Å². The summed E-state index contributed by atoms with van der Waals surface area (Å²) in [5.74, 6) is 0. The van der Waals surface area contributed by atoms with Gasteiger partial charge in [0, 0.05) is 5.02 Å². The van der Waals surface area contributed by atoms with Crippen molar-refractivity contribution in [1.29, 1.82) is 0 Å². The molecule has 0 aliphatic carbocycles. The third-order valence-electron chi connectivity index (χ3n) is 3.95. The third-order valence-corrected chi connectivity index (χ3v) is 4.20. The Bertz CT molecular complexity index is 1150. The van der Waals surface area contributed by atoms with Crippen molar-refractivity contribution in [1.82, 2.24) is 29.4 Å². The number of fused-ring (bicyclic) bond motifs is 3. The maximum atomic E-state index is 12.4. The summed E-state index contributed by atoms with van der Waals surface area (Å²) in [6, 6.07) is 7.34. The lowest BCUT2D eigenvalue weighted by Crippen LogP contribution is -2.24. The van der Waals surface area contributed by atoms with Crippen molar-refractivity contribution in [2.45, 2.75) is 13.5 Å². The zero-order valence-electron chi connectivity index (χ0n) is 13.2. The van der Waals surface area contributed by atoms with Crippen LogP contribution in [0, 0.1) is 6.92 Å². The SMILES string of the molecule is Cc1nn2c(nnc3c(=O)n(CCO)cnc32)c1-c1ccc(Cl)cc1. The Balaban J connectivity index is 2.01. The fraction of sp³-hybridized carbons (Fsp3) is 0.188. The van der Waals surface area contributed by atoms with Crippen LogP contribution in [0.5, 0.6) is 0 Å². The van der Waals surface area contributed by atoms with Gasteiger partial charge in [0.15, 0.2) is 16.8 Å². The summed E-state index contributed by atoms with van der Waals surface area (Å²) in [6.45, 7) is 1.84. The van der Waals surface area contributed by atoms with Crippen LogP contribution in [0.25, 0.3) is 27.9 Å². The molecule has 3 aromatic heterocycles. The minimum atomic E-state index is -0.366. The average Bonchev–Trinajstić information content (AvgIpc) is 2.94. The van der Waals surface area contributed by atoms with E-state index in [1.165, 1.54) is 15.4 Å². The van der Waals surface area contributed by atoms with E-state index >= 15 is 0 Å². The van der Waals surface area contributed by atoms with Crippen LogP contribution < -0.4 is 5.56 Å². The van der Waals surface area contributed by atoms with E-state index in [-0.39, 0.29) is 24.2 Å². The molecule has 0 bridgehead atoms. The van der Waals surface area contributed by atoms with Crippen molar-refractivity contribution in [3.63, 3.8) is 0 Å². The zero-order valence-corrected chi connectivity index (χ0v) is 14.0. The van der Waals surface area contributed by atoms with Gasteiger partial charge in [-0.25, -0.2) is 4.98 Å². The quantitative estimate of drug-likeness (QED) is 0.596. The lowest BCUT2D eigenvalue weighted by atomic mass is 10.1. The number of hydrogen-bond donors (Lipinski definition) is 1. The molecule has 0 saturated carbocycles. The van der Waals surface area contributed by atoms with E-state index in [9.17, 15) is 4.79 Å². The molecule has 0 radical (unpaired) electrons. The van der Waals surface area contributed by atoms with Gasteiger partial charge in [0.2, 0.25) is 0 Å². The molecular formula is C16H13ClN6O2. The van der Waals surface area contributed by atoms with Crippen molar-refractivity contribution in [3.05, 3.63) is 51.7 Å². The number of rotatable bonds is 3. The van der Waals surface area contributed by atoms with Crippen LogP contribution in [0.1, 0.15) is 5.69 Å². The molecule has 0 aliphatic heterocycles. The van der Waals surface area contributed by atoms with Gasteiger partial charge in [-0.1, -0.05) is 23.7 Å². The molecule has 25 heavy (non-hydrogen) atoms. The molecule has 9 heteroatoms. The van der Waals surface area contributed by atoms with Gasteiger partial charge in [-0.15, -0.1) is 10.2 Å². The highest BCUT2D eigenvalue weighted by Crippen LogP contribution is 2.28. The minimum Gasteiger partial charge on any atom is -0.395 e. The van der Waals surface area contributed by atoms with E-state index < -0.39 is 0 Å². The molecule has 126 valence electrons. The molecule has 8 nitrogen and oxygen atoms in total. The van der Waals surface area contributed by atoms with Crippen LogP contribution in [-0.4, -0.2) is 41.1 Å². The largest absolute Gasteiger partial charge is 0.395 e. The second-order valence-electron chi connectivity index (χ2n) is 5.54. The Labute approximate surface area is 146 Å². The van der Waals surface area contributed by atoms with Crippen LogP contribution >= 0.6 is 11.6 Å². The van der Waals surface area contributed by atoms with Gasteiger partial charge in [-0.05, 0) is 24.6 Å². The maximum absolute atomic E-state index is 12.4. The van der Waals surface area contributed by atoms with Gasteiger partial charge < -0.3 is 5.11 Å². The number of aryl methyl sites for hydroxylation is 1. The molecule has 1 aromatic carbocycles. The molecule has 4 rings (SSSR count). The van der Waals surface area contributed by atoms with Crippen molar-refractivity contribution in [3.8, 4) is 11.1 Å². The van der Waals surface area contributed by atoms with Gasteiger partial charge in [0.05, 0.1) is 24.4 Å². The predicted octanol–water partition coefficient (Wildman–Crippen LogP) is 1.46. The number of nitrogens with zero attached hydrogens (tertiary/aromatic N) is 6. The lowest BCUT2D eigenvalue weighted by Gasteiger charge is -2.04. The first kappa shape index (κ1) is 15.7. The fourth-order valence-electron chi connectivity index (χ4n) is 2.79. The molecule has 0 saturated heterocycles. The van der Waals surface area contributed by atoms with Gasteiger partial charge in [-0.3, -0.25) is 9.36 Å². The second-order valence-corrected chi connectivity index (χ2v) is 5.98. The monoisotopic (exact) mass is 356 g/mol. The summed E-state index contributed by atoms with van der Waals surface area (Å²) in [6.07, 6.45) is 1.38. The van der Waals surface area contributed by atoms with Gasteiger partial charge in [0.25, 0.3) is 5.56 Å². The lowest BCUT2D eigenvalue weighted by molar-refractivity contribution is 0.274. The standard InChI is InChI=1S/C16H13ClN6O2/c1-9-12(10-2-4-11(17)5-3-10)14-20-19-13-15(23(14)21-9)18-8-22(6-7-24)16(13)25/h2-5,8,24H,6-7H2,1H3. The fourth-order valence-corrected chi connectivity index (χ4v) is 2.91. The first-order valence-electron chi connectivity index (χ1n) is 7.58. The first-order chi connectivity index (χ1) is 12.1. The van der Waals surface area contributed by atoms with Crippen molar-refractivity contribution in [2.75, 3.05) is 6.61 Å². The molecule has 4 aromatic rings. The second kappa shape index (κ2) is 5.91. The van der Waals surface area contributed by atoms with E-state index in [0.29, 0.717) is 16.3 Å². The maximum Gasteiger partial charge on any atom is 0.283 e. The summed E-state index contributed by atoms with van der Waals surface area (Å²) < 4.78 is 2.81. The highest BCUT2D eigenvalue weighted by molar-refractivity contribution is 6.30. The molecule has 0 spiro atoms. The summed E-state index contributed by atoms with van der Waals surface area (Å²) in [5, 5.41) is 22.4. The average molecular weight is 357 g/mol. The molecule has 0 atom stereocenters. The van der Waals surface area contributed by atoms with Gasteiger partial charge in [-0.2, -0.15) is 9.61 Å². The van der Waals surface area contributed by atoms with Crippen LogP contribution in [0.3, 0.4) is 0 Å². The van der Waals surface area contributed by atoms with Crippen molar-refractivity contribution in [2.24, 2.45) is 0 Å². The number of aliphatic hydroxyl groups excluding tert-OH is 1. The van der Waals surface area contributed by atoms with Crippen LogP contribution in [0.15, 0.2) is 35.4 Å². The molecule has 1 N–H and O–H groups in total. The van der Waals surface area contributed by atoms with Gasteiger partial charge >= 0.3 is 0 Å². The highest BCUT2D eigenvalue weighted by Gasteiger charge is 2.18. The number of aliphatic hydroxyl groups is 1. The Morgan fingerprint density at radius 2 is 1.92 bits per heavy atom. The van der Waals surface area contributed by atoms with Crippen molar-refractivity contribution < 1.29 is 5.11 Å². The molecular weight excluding hydrogens is 344 g/mol. The Kier molecular flexibility index (Phi) is 3.70. The molecule has 0 unspecified atom stereocenters. The summed E-state index contributed by atoms with van der Waals surface area (Å²) in [5.41, 5.74) is 3.03. The zero-order chi connectivity index (χ0) is 17.6. The Hall–Kier alpha value is -2.84. The summed E-state index contributed by atoms with van der Waals surface area (Å²) in [7, 11) is 0. The molecule has 0 amide bonds. The number of benzene rings is 1. The van der Waals surface area contributed by atoms with E-state index in [0.717, 1.165) is 16.8 Å². The minimum absolute atomic E-state index is 0.105. The number of halogens is 1. The Morgan fingerprint density at radius 3 is 2.64 bits per heavy atom.